The van der Waals surface area contributed by atoms with Crippen molar-refractivity contribution in [3.05, 3.63) is 76.7 Å². The van der Waals surface area contributed by atoms with Gasteiger partial charge in [-0.1, -0.05) is 18.2 Å². The van der Waals surface area contributed by atoms with Crippen LogP contribution in [0.2, 0.25) is 0 Å². The van der Waals surface area contributed by atoms with Crippen molar-refractivity contribution in [1.82, 2.24) is 19.9 Å². The molecule has 1 fully saturated rings. The Bertz CT molecular complexity index is 1420. The van der Waals surface area contributed by atoms with Gasteiger partial charge in [0.15, 0.2) is 0 Å². The number of alkyl halides is 3. The monoisotopic (exact) mass is 524 g/mol. The van der Waals surface area contributed by atoms with Crippen molar-refractivity contribution in [1.29, 1.82) is 0 Å². The lowest BCUT2D eigenvalue weighted by molar-refractivity contribution is -0.199. The van der Waals surface area contributed by atoms with E-state index in [0.29, 0.717) is 16.8 Å². The van der Waals surface area contributed by atoms with Crippen molar-refractivity contribution in [2.75, 3.05) is 19.6 Å². The number of nitrogens with one attached hydrogen (secondary N) is 1. The molecular formula is C27H23F3N4O4. The van der Waals surface area contributed by atoms with Crippen LogP contribution in [-0.2, 0) is 11.2 Å². The predicted octanol–water partition coefficient (Wildman–Crippen LogP) is 3.76. The number of carbonyl (C=O) groups excluding carboxylic acids is 3. The second kappa shape index (κ2) is 10.2. The van der Waals surface area contributed by atoms with Crippen LogP contribution in [0.5, 0.6) is 0 Å². The molecule has 0 unspecified atom stereocenters. The lowest BCUT2D eigenvalue weighted by Gasteiger charge is -2.17. The molecule has 196 valence electrons. The number of pyridine rings is 1. The first kappa shape index (κ1) is 25.2. The Morgan fingerprint density at radius 1 is 1.03 bits per heavy atom. The van der Waals surface area contributed by atoms with Crippen molar-refractivity contribution in [3.8, 4) is 11.3 Å². The fourth-order valence-electron chi connectivity index (χ4n) is 4.52. The van der Waals surface area contributed by atoms with Crippen LogP contribution in [0.1, 0.15) is 50.5 Å². The van der Waals surface area contributed by atoms with Gasteiger partial charge in [-0.05, 0) is 54.8 Å². The summed E-state index contributed by atoms with van der Waals surface area (Å²) in [7, 11) is 0. The van der Waals surface area contributed by atoms with E-state index in [4.69, 9.17) is 4.84 Å². The van der Waals surface area contributed by atoms with Crippen LogP contribution in [0.15, 0.2) is 48.7 Å². The fourth-order valence-corrected chi connectivity index (χ4v) is 4.52. The first-order valence-corrected chi connectivity index (χ1v) is 12.1. The van der Waals surface area contributed by atoms with E-state index in [2.05, 4.69) is 10.3 Å². The van der Waals surface area contributed by atoms with Crippen LogP contribution in [0.4, 0.5) is 13.2 Å². The maximum atomic E-state index is 12.9. The zero-order valence-corrected chi connectivity index (χ0v) is 20.1. The fraction of sp³-hybridized carbons (Fsp3) is 0.259. The van der Waals surface area contributed by atoms with E-state index in [0.717, 1.165) is 36.2 Å². The Balaban J connectivity index is 1.40. The largest absolute Gasteiger partial charge is 0.493 e. The molecule has 5 rings (SSSR count). The maximum absolute atomic E-state index is 12.9. The summed E-state index contributed by atoms with van der Waals surface area (Å²) in [5.41, 5.74) is 2.76. The van der Waals surface area contributed by atoms with E-state index < -0.39 is 18.1 Å². The molecule has 0 saturated carbocycles. The van der Waals surface area contributed by atoms with E-state index in [1.165, 1.54) is 12.3 Å². The van der Waals surface area contributed by atoms with Crippen LogP contribution in [-0.4, -0.2) is 58.2 Å². The van der Waals surface area contributed by atoms with Crippen LogP contribution in [0, 0.1) is 0 Å². The molecule has 1 aromatic carbocycles. The summed E-state index contributed by atoms with van der Waals surface area (Å²) in [6.45, 7) is 1.75. The quantitative estimate of drug-likeness (QED) is 0.549. The van der Waals surface area contributed by atoms with Gasteiger partial charge in [-0.2, -0.15) is 17.9 Å². The highest BCUT2D eigenvalue weighted by Crippen LogP contribution is 2.29. The Morgan fingerprint density at radius 3 is 2.47 bits per heavy atom. The van der Waals surface area contributed by atoms with Crippen molar-refractivity contribution in [3.63, 3.8) is 0 Å². The Labute approximate surface area is 215 Å². The van der Waals surface area contributed by atoms with Crippen molar-refractivity contribution in [2.45, 2.75) is 25.4 Å². The minimum atomic E-state index is -5.20. The molecule has 0 bridgehead atoms. The minimum absolute atomic E-state index is 0.0120. The molecule has 3 aromatic rings. The number of benzene rings is 1. The van der Waals surface area contributed by atoms with Gasteiger partial charge in [0, 0.05) is 43.4 Å². The minimum Gasteiger partial charge on any atom is -0.352 e. The smallest absolute Gasteiger partial charge is 0.352 e. The molecule has 2 amide bonds. The zero-order valence-electron chi connectivity index (χ0n) is 20.1. The molecule has 2 aliphatic rings. The first-order chi connectivity index (χ1) is 18.2. The van der Waals surface area contributed by atoms with Gasteiger partial charge in [-0.15, -0.1) is 0 Å². The lowest BCUT2D eigenvalue weighted by atomic mass is 10.1. The second-order valence-electron chi connectivity index (χ2n) is 8.99. The average molecular weight is 524 g/mol. The number of hydrogen-bond donors (Lipinski definition) is 1. The standard InChI is InChI=1S/C27H23F3N4O4/c28-27(29,30)26(37)38-34-22-10-12-32-24(35)21(22)16-23(34)19-9-11-31-20(15-19)8-5-17-3-6-18(7-4-17)25(36)33-13-1-2-14-33/h3-9,11,15-16H,1-2,10,12-14H2,(H,32,35). The van der Waals surface area contributed by atoms with Gasteiger partial charge in [0.1, 0.15) is 0 Å². The highest BCUT2D eigenvalue weighted by atomic mass is 19.4. The zero-order chi connectivity index (χ0) is 26.9. The number of likely N-dealkylation sites (tertiary alicyclic amines) is 1. The summed E-state index contributed by atoms with van der Waals surface area (Å²) in [5, 5.41) is 2.63. The molecule has 2 aliphatic heterocycles. The predicted molar refractivity (Wildman–Crippen MR) is 132 cm³/mol. The maximum Gasteiger partial charge on any atom is 0.493 e. The highest BCUT2D eigenvalue weighted by Gasteiger charge is 2.43. The summed E-state index contributed by atoms with van der Waals surface area (Å²) >= 11 is 0. The third kappa shape index (κ3) is 5.17. The van der Waals surface area contributed by atoms with E-state index in [-0.39, 0.29) is 35.8 Å². The molecule has 2 aromatic heterocycles. The molecule has 0 aliphatic carbocycles. The number of nitrogens with zero attached hydrogens (tertiary/aromatic N) is 3. The number of carbonyl (C=O) groups is 3. The summed E-state index contributed by atoms with van der Waals surface area (Å²) in [5.74, 6) is -2.84. The SMILES string of the molecule is O=C1NCCc2c1cc(-c1ccnc(C=Cc3ccc(C(=O)N4CCCC4)cc3)c1)n2OC(=O)C(F)(F)F. The van der Waals surface area contributed by atoms with Crippen LogP contribution in [0.25, 0.3) is 23.4 Å². The molecule has 0 radical (unpaired) electrons. The summed E-state index contributed by atoms with van der Waals surface area (Å²) < 4.78 is 39.6. The van der Waals surface area contributed by atoms with Gasteiger partial charge in [-0.25, -0.2) is 4.79 Å². The molecule has 1 saturated heterocycles. The van der Waals surface area contributed by atoms with Gasteiger partial charge in [0.05, 0.1) is 22.6 Å². The number of fused-ring (bicyclic) bond motifs is 1. The van der Waals surface area contributed by atoms with Gasteiger partial charge in [0.2, 0.25) is 0 Å². The Hall–Kier alpha value is -4.41. The van der Waals surface area contributed by atoms with Crippen LogP contribution < -0.4 is 10.2 Å². The number of amides is 2. The van der Waals surface area contributed by atoms with Gasteiger partial charge >= 0.3 is 12.1 Å². The summed E-state index contributed by atoms with van der Waals surface area (Å²) in [6, 6.07) is 11.7. The normalized spacial score (nSPS) is 15.4. The third-order valence-corrected chi connectivity index (χ3v) is 6.43. The average Bonchev–Trinajstić information content (AvgIpc) is 3.57. The molecule has 11 heteroatoms. The van der Waals surface area contributed by atoms with Gasteiger partial charge in [0.25, 0.3) is 11.8 Å². The van der Waals surface area contributed by atoms with Crippen LogP contribution >= 0.6 is 0 Å². The molecule has 1 N–H and O–H groups in total. The lowest BCUT2D eigenvalue weighted by Crippen LogP contribution is -2.37. The Kier molecular flexibility index (Phi) is 6.75. The van der Waals surface area contributed by atoms with E-state index in [1.807, 2.05) is 17.0 Å². The third-order valence-electron chi connectivity index (χ3n) is 6.43. The van der Waals surface area contributed by atoms with Gasteiger partial charge in [-0.3, -0.25) is 14.6 Å². The summed E-state index contributed by atoms with van der Waals surface area (Å²) in [4.78, 5) is 47.3. The number of hydrogen-bond acceptors (Lipinski definition) is 5. The van der Waals surface area contributed by atoms with E-state index in [1.54, 1.807) is 36.4 Å². The molecule has 0 spiro atoms. The van der Waals surface area contributed by atoms with Crippen molar-refractivity contribution in [2.24, 2.45) is 0 Å². The van der Waals surface area contributed by atoms with Crippen molar-refractivity contribution < 1.29 is 32.4 Å². The highest BCUT2D eigenvalue weighted by molar-refractivity contribution is 5.98. The number of halogens is 3. The second-order valence-corrected chi connectivity index (χ2v) is 8.99. The van der Waals surface area contributed by atoms with Crippen molar-refractivity contribution >= 4 is 29.9 Å². The number of aromatic nitrogens is 2. The van der Waals surface area contributed by atoms with E-state index >= 15 is 0 Å². The number of rotatable bonds is 5. The van der Waals surface area contributed by atoms with Crippen LogP contribution in [0.3, 0.4) is 0 Å². The molecule has 8 nitrogen and oxygen atoms in total. The Morgan fingerprint density at radius 2 is 1.76 bits per heavy atom. The molecule has 4 heterocycles. The van der Waals surface area contributed by atoms with E-state index in [9.17, 15) is 27.6 Å². The molecule has 38 heavy (non-hydrogen) atoms. The summed E-state index contributed by atoms with van der Waals surface area (Å²) in [6.07, 6.45) is 1.99. The molecular weight excluding hydrogens is 501 g/mol. The molecule has 0 atom stereocenters. The first-order valence-electron chi connectivity index (χ1n) is 12.1. The topological polar surface area (TPSA) is 93.5 Å². The van der Waals surface area contributed by atoms with Gasteiger partial charge < -0.3 is 15.1 Å².